The van der Waals surface area contributed by atoms with Crippen LogP contribution in [0.1, 0.15) is 50.7 Å². The second-order valence-electron chi connectivity index (χ2n) is 9.11. The first kappa shape index (κ1) is 27.0. The minimum Gasteiger partial charge on any atom is -0.352 e. The molecule has 190 valence electrons. The third-order valence-corrected chi connectivity index (χ3v) is 7.80. The second kappa shape index (κ2) is 11.9. The molecule has 2 aromatic rings. The number of halogens is 1. The molecule has 0 saturated heterocycles. The molecule has 7 nitrogen and oxygen atoms in total. The largest absolute Gasteiger partial charge is 0.352 e. The zero-order valence-electron chi connectivity index (χ0n) is 20.5. The zero-order valence-corrected chi connectivity index (χ0v) is 22.1. The minimum absolute atomic E-state index is 0.109. The molecule has 0 radical (unpaired) electrons. The van der Waals surface area contributed by atoms with E-state index in [1.54, 1.807) is 37.3 Å². The van der Waals surface area contributed by atoms with E-state index in [9.17, 15) is 18.0 Å². The number of rotatable bonds is 10. The molecule has 1 atom stereocenters. The monoisotopic (exact) mass is 519 g/mol. The number of hydrogen-bond donors (Lipinski definition) is 1. The smallest absolute Gasteiger partial charge is 0.244 e. The first-order valence-electron chi connectivity index (χ1n) is 12.0. The first-order valence-corrected chi connectivity index (χ1v) is 14.2. The topological polar surface area (TPSA) is 86.8 Å². The van der Waals surface area contributed by atoms with Gasteiger partial charge in [0.1, 0.15) is 12.6 Å². The van der Waals surface area contributed by atoms with Gasteiger partial charge in [-0.2, -0.15) is 0 Å². The minimum atomic E-state index is -3.75. The molecule has 0 aromatic heterocycles. The number of hydrogen-bond acceptors (Lipinski definition) is 4. The van der Waals surface area contributed by atoms with E-state index in [0.29, 0.717) is 10.7 Å². The molecule has 35 heavy (non-hydrogen) atoms. The summed E-state index contributed by atoms with van der Waals surface area (Å²) in [5.41, 5.74) is 2.22. The van der Waals surface area contributed by atoms with Gasteiger partial charge in [0.05, 0.1) is 11.9 Å². The number of aryl methyl sites for hydroxylation is 1. The van der Waals surface area contributed by atoms with E-state index in [1.807, 2.05) is 25.1 Å². The summed E-state index contributed by atoms with van der Waals surface area (Å²) in [6.07, 6.45) is 5.90. The van der Waals surface area contributed by atoms with E-state index in [2.05, 4.69) is 5.32 Å². The Hall–Kier alpha value is -2.58. The lowest BCUT2D eigenvalue weighted by molar-refractivity contribution is -0.139. The summed E-state index contributed by atoms with van der Waals surface area (Å²) >= 11 is 6.14. The Labute approximate surface area is 213 Å². The van der Waals surface area contributed by atoms with Crippen LogP contribution in [0, 0.1) is 0 Å². The van der Waals surface area contributed by atoms with Gasteiger partial charge in [0.15, 0.2) is 0 Å². The summed E-state index contributed by atoms with van der Waals surface area (Å²) in [5.74, 6) is -0.713. The van der Waals surface area contributed by atoms with Crippen molar-refractivity contribution >= 4 is 39.1 Å². The van der Waals surface area contributed by atoms with E-state index in [-0.39, 0.29) is 18.5 Å². The lowest BCUT2D eigenvalue weighted by Crippen LogP contribution is -2.52. The van der Waals surface area contributed by atoms with E-state index in [4.69, 9.17) is 11.6 Å². The second-order valence-corrected chi connectivity index (χ2v) is 11.5. The summed E-state index contributed by atoms with van der Waals surface area (Å²) in [6, 6.07) is 13.5. The molecular formula is C26H34ClN3O4S. The summed E-state index contributed by atoms with van der Waals surface area (Å²) in [4.78, 5) is 28.1. The highest BCUT2D eigenvalue weighted by Crippen LogP contribution is 2.22. The fourth-order valence-electron chi connectivity index (χ4n) is 4.32. The standard InChI is InChI=1S/C26H34ClN3O4S/c1-4-20-12-14-24(15-13-20)30(35(3,33)34)18-25(31)29(17-21-8-7-9-22(27)16-21)19(2)26(32)28-23-10-5-6-11-23/h7-9,12-16,19,23H,4-6,10-11,17-18H2,1-3H3,(H,28,32)/t19-/m1/s1. The quantitative estimate of drug-likeness (QED) is 0.511. The summed E-state index contributed by atoms with van der Waals surface area (Å²) < 4.78 is 26.4. The van der Waals surface area contributed by atoms with Crippen LogP contribution in [0.5, 0.6) is 0 Å². The third kappa shape index (κ3) is 7.45. The van der Waals surface area contributed by atoms with Crippen LogP contribution in [0.2, 0.25) is 5.02 Å². The normalized spacial score (nSPS) is 15.0. The summed E-state index contributed by atoms with van der Waals surface area (Å²) in [6.45, 7) is 3.41. The highest BCUT2D eigenvalue weighted by atomic mass is 35.5. The predicted molar refractivity (Wildman–Crippen MR) is 140 cm³/mol. The zero-order chi connectivity index (χ0) is 25.6. The van der Waals surface area contributed by atoms with Crippen molar-refractivity contribution in [3.8, 4) is 0 Å². The maximum absolute atomic E-state index is 13.6. The van der Waals surface area contributed by atoms with E-state index < -0.39 is 28.5 Å². The average molecular weight is 520 g/mol. The molecule has 1 N–H and O–H groups in total. The van der Waals surface area contributed by atoms with Crippen molar-refractivity contribution in [2.45, 2.75) is 64.6 Å². The molecule has 9 heteroatoms. The van der Waals surface area contributed by atoms with Crippen molar-refractivity contribution in [1.29, 1.82) is 0 Å². The van der Waals surface area contributed by atoms with Crippen LogP contribution in [0.3, 0.4) is 0 Å². The molecule has 0 spiro atoms. The Morgan fingerprint density at radius 1 is 1.09 bits per heavy atom. The van der Waals surface area contributed by atoms with E-state index >= 15 is 0 Å². The number of nitrogens with one attached hydrogen (secondary N) is 1. The van der Waals surface area contributed by atoms with Gasteiger partial charge in [-0.05, 0) is 61.6 Å². The average Bonchev–Trinajstić information content (AvgIpc) is 3.33. The Morgan fingerprint density at radius 2 is 1.74 bits per heavy atom. The van der Waals surface area contributed by atoms with Gasteiger partial charge in [-0.1, -0.05) is 55.6 Å². The van der Waals surface area contributed by atoms with Crippen molar-refractivity contribution < 1.29 is 18.0 Å². The number of benzene rings is 2. The van der Waals surface area contributed by atoms with E-state index in [1.165, 1.54) is 4.90 Å². The van der Waals surface area contributed by atoms with Gasteiger partial charge in [0.25, 0.3) is 0 Å². The Balaban J connectivity index is 1.87. The molecule has 1 fully saturated rings. The Bertz CT molecular complexity index is 1130. The van der Waals surface area contributed by atoms with Gasteiger partial charge in [-0.3, -0.25) is 13.9 Å². The molecule has 3 rings (SSSR count). The predicted octanol–water partition coefficient (Wildman–Crippen LogP) is 4.14. The van der Waals surface area contributed by atoms with Gasteiger partial charge in [0.2, 0.25) is 21.8 Å². The number of sulfonamides is 1. The van der Waals surface area contributed by atoms with Crippen molar-refractivity contribution in [3.63, 3.8) is 0 Å². The Kier molecular flexibility index (Phi) is 9.19. The molecule has 1 aliphatic carbocycles. The number of carbonyl (C=O) groups is 2. The van der Waals surface area contributed by atoms with Crippen molar-refractivity contribution in [2.75, 3.05) is 17.1 Å². The molecule has 2 aromatic carbocycles. The van der Waals surface area contributed by atoms with Crippen LogP contribution >= 0.6 is 11.6 Å². The first-order chi connectivity index (χ1) is 16.6. The molecular weight excluding hydrogens is 486 g/mol. The lowest BCUT2D eigenvalue weighted by Gasteiger charge is -2.32. The van der Waals surface area contributed by atoms with E-state index in [0.717, 1.165) is 53.8 Å². The van der Waals surface area contributed by atoms with Gasteiger partial charge >= 0.3 is 0 Å². The van der Waals surface area contributed by atoms with Gasteiger partial charge in [-0.15, -0.1) is 0 Å². The Morgan fingerprint density at radius 3 is 2.31 bits per heavy atom. The van der Waals surface area contributed by atoms with Gasteiger partial charge in [0, 0.05) is 17.6 Å². The van der Waals surface area contributed by atoms with Crippen LogP contribution in [-0.2, 0) is 32.6 Å². The number of anilines is 1. The van der Waals surface area contributed by atoms with Crippen molar-refractivity contribution in [1.82, 2.24) is 10.2 Å². The summed E-state index contributed by atoms with van der Waals surface area (Å²) in [7, 11) is -3.75. The molecule has 1 saturated carbocycles. The highest BCUT2D eigenvalue weighted by Gasteiger charge is 2.31. The molecule has 0 bridgehead atoms. The number of nitrogens with zero attached hydrogens (tertiary/aromatic N) is 2. The lowest BCUT2D eigenvalue weighted by atomic mass is 10.1. The highest BCUT2D eigenvalue weighted by molar-refractivity contribution is 7.92. The fraction of sp³-hybridized carbons (Fsp3) is 0.462. The molecule has 0 heterocycles. The van der Waals surface area contributed by atoms with Crippen molar-refractivity contribution in [2.24, 2.45) is 0 Å². The molecule has 0 unspecified atom stereocenters. The molecule has 1 aliphatic rings. The van der Waals surface area contributed by atoms with Crippen LogP contribution in [0.15, 0.2) is 48.5 Å². The number of carbonyl (C=O) groups excluding carboxylic acids is 2. The van der Waals surface area contributed by atoms with Gasteiger partial charge < -0.3 is 10.2 Å². The van der Waals surface area contributed by atoms with Crippen molar-refractivity contribution in [3.05, 3.63) is 64.7 Å². The maximum atomic E-state index is 13.6. The summed E-state index contributed by atoms with van der Waals surface area (Å²) in [5, 5.41) is 3.57. The molecule has 0 aliphatic heterocycles. The maximum Gasteiger partial charge on any atom is 0.244 e. The fourth-order valence-corrected chi connectivity index (χ4v) is 5.38. The number of amides is 2. The SMILES string of the molecule is CCc1ccc(N(CC(=O)N(Cc2cccc(Cl)c2)[C@H](C)C(=O)NC2CCCC2)S(C)(=O)=O)cc1. The third-order valence-electron chi connectivity index (χ3n) is 6.42. The van der Waals surface area contributed by atoms with Crippen LogP contribution in [0.25, 0.3) is 0 Å². The molecule has 2 amide bonds. The van der Waals surface area contributed by atoms with Crippen LogP contribution < -0.4 is 9.62 Å². The van der Waals surface area contributed by atoms with Crippen LogP contribution in [-0.4, -0.2) is 50.0 Å². The van der Waals surface area contributed by atoms with Crippen LogP contribution in [0.4, 0.5) is 5.69 Å². The van der Waals surface area contributed by atoms with Gasteiger partial charge in [-0.25, -0.2) is 8.42 Å².